The molecule has 0 aliphatic heterocycles. The van der Waals surface area contributed by atoms with Crippen LogP contribution in [0.25, 0.3) is 21.8 Å². The summed E-state index contributed by atoms with van der Waals surface area (Å²) in [4.78, 5) is 29.8. The topological polar surface area (TPSA) is 102 Å². The molecule has 0 aliphatic carbocycles. The van der Waals surface area contributed by atoms with Crippen molar-refractivity contribution in [3.8, 4) is 5.75 Å². The van der Waals surface area contributed by atoms with Gasteiger partial charge in [0.1, 0.15) is 11.4 Å². The van der Waals surface area contributed by atoms with Crippen LogP contribution in [0.3, 0.4) is 0 Å². The average Bonchev–Trinajstić information content (AvgIpc) is 2.85. The average molecular weight is 300 g/mol. The fourth-order valence-electron chi connectivity index (χ4n) is 2.32. The molecule has 2 N–H and O–H groups in total. The van der Waals surface area contributed by atoms with Crippen molar-refractivity contribution in [2.45, 2.75) is 6.92 Å². The zero-order valence-corrected chi connectivity index (χ0v) is 11.6. The number of nitrogens with zero attached hydrogens (tertiary/aromatic N) is 1. The van der Waals surface area contributed by atoms with Crippen LogP contribution in [0.5, 0.6) is 5.75 Å². The van der Waals surface area contributed by atoms with Crippen LogP contribution in [0.15, 0.2) is 30.5 Å². The molecule has 0 spiro atoms. The number of ether oxygens (including phenoxy) is 2. The summed E-state index contributed by atoms with van der Waals surface area (Å²) in [6.45, 7) is 1.96. The van der Waals surface area contributed by atoms with E-state index >= 15 is 0 Å². The number of hydrogen-bond donors (Lipinski definition) is 2. The van der Waals surface area contributed by atoms with Gasteiger partial charge in [0.05, 0.1) is 29.2 Å². The lowest BCUT2D eigenvalue weighted by atomic mass is 10.1. The van der Waals surface area contributed by atoms with Gasteiger partial charge in [0.15, 0.2) is 0 Å². The first kappa shape index (κ1) is 13.9. The number of aromatic nitrogens is 2. The van der Waals surface area contributed by atoms with Gasteiger partial charge in [-0.15, -0.1) is 0 Å². The molecule has 7 heteroatoms. The molecule has 22 heavy (non-hydrogen) atoms. The van der Waals surface area contributed by atoms with Gasteiger partial charge in [0.2, 0.25) is 0 Å². The second-order valence-electron chi connectivity index (χ2n) is 4.51. The standard InChI is InChI=1S/C15H12N2O5/c1-2-21-14(18)10-6-8-11(7-16-10)17-9-4-3-5-12(13(8)9)22-15(19)20/h3-7,17H,2H2,1H3,(H,19,20). The second kappa shape index (κ2) is 5.36. The van der Waals surface area contributed by atoms with Crippen molar-refractivity contribution >= 4 is 33.9 Å². The SMILES string of the molecule is CCOC(=O)c1cc2c(cn1)[nH]c1cccc(OC(=O)O)c12. The highest BCUT2D eigenvalue weighted by atomic mass is 16.7. The number of benzene rings is 1. The van der Waals surface area contributed by atoms with Crippen LogP contribution in [-0.2, 0) is 4.74 Å². The zero-order chi connectivity index (χ0) is 15.7. The van der Waals surface area contributed by atoms with Gasteiger partial charge in [-0.25, -0.2) is 14.6 Å². The van der Waals surface area contributed by atoms with Crippen LogP contribution in [0.1, 0.15) is 17.4 Å². The Kier molecular flexibility index (Phi) is 3.38. The second-order valence-corrected chi connectivity index (χ2v) is 4.51. The number of fused-ring (bicyclic) bond motifs is 3. The van der Waals surface area contributed by atoms with Crippen LogP contribution in [0.2, 0.25) is 0 Å². The number of H-pyrrole nitrogens is 1. The molecule has 3 rings (SSSR count). The highest BCUT2D eigenvalue weighted by Crippen LogP contribution is 2.33. The van der Waals surface area contributed by atoms with E-state index in [9.17, 15) is 9.59 Å². The Balaban J connectivity index is 2.23. The Morgan fingerprint density at radius 3 is 2.86 bits per heavy atom. The molecule has 0 saturated carbocycles. The first-order chi connectivity index (χ1) is 10.6. The maximum Gasteiger partial charge on any atom is 0.511 e. The Labute approximate surface area is 124 Å². The van der Waals surface area contributed by atoms with Gasteiger partial charge in [-0.05, 0) is 25.1 Å². The maximum absolute atomic E-state index is 11.8. The van der Waals surface area contributed by atoms with Gasteiger partial charge in [-0.2, -0.15) is 0 Å². The van der Waals surface area contributed by atoms with Crippen LogP contribution in [-0.4, -0.2) is 33.8 Å². The van der Waals surface area contributed by atoms with E-state index in [0.29, 0.717) is 21.8 Å². The number of carbonyl (C=O) groups is 2. The molecule has 0 radical (unpaired) electrons. The third kappa shape index (κ3) is 2.32. The summed E-state index contributed by atoms with van der Waals surface area (Å²) in [6, 6.07) is 6.57. The molecule has 1 aromatic carbocycles. The van der Waals surface area contributed by atoms with Crippen molar-refractivity contribution < 1.29 is 24.2 Å². The Hall–Kier alpha value is -3.09. The molecule has 7 nitrogen and oxygen atoms in total. The molecule has 2 aromatic heterocycles. The first-order valence-corrected chi connectivity index (χ1v) is 6.58. The molecular formula is C15H12N2O5. The van der Waals surface area contributed by atoms with E-state index in [1.807, 2.05) is 0 Å². The Morgan fingerprint density at radius 1 is 1.32 bits per heavy atom. The molecular weight excluding hydrogens is 288 g/mol. The third-order valence-corrected chi connectivity index (χ3v) is 3.15. The van der Waals surface area contributed by atoms with E-state index in [1.165, 1.54) is 6.20 Å². The minimum absolute atomic E-state index is 0.153. The number of esters is 1. The number of rotatable bonds is 3. The van der Waals surface area contributed by atoms with Crippen LogP contribution >= 0.6 is 0 Å². The number of aromatic amines is 1. The number of hydrogen-bond acceptors (Lipinski definition) is 5. The molecule has 0 aliphatic rings. The lowest BCUT2D eigenvalue weighted by molar-refractivity contribution is 0.0519. The lowest BCUT2D eigenvalue weighted by Gasteiger charge is -2.03. The fraction of sp³-hybridized carbons (Fsp3) is 0.133. The highest BCUT2D eigenvalue weighted by molar-refractivity contribution is 6.11. The summed E-state index contributed by atoms with van der Waals surface area (Å²) in [5.41, 5.74) is 1.52. The molecule has 0 unspecified atom stereocenters. The van der Waals surface area contributed by atoms with Crippen LogP contribution in [0, 0.1) is 0 Å². The fourth-order valence-corrected chi connectivity index (χ4v) is 2.32. The normalized spacial score (nSPS) is 10.8. The summed E-state index contributed by atoms with van der Waals surface area (Å²) in [7, 11) is 0. The van der Waals surface area contributed by atoms with Crippen molar-refractivity contribution in [3.05, 3.63) is 36.2 Å². The van der Waals surface area contributed by atoms with Crippen molar-refractivity contribution in [1.82, 2.24) is 9.97 Å². The van der Waals surface area contributed by atoms with E-state index in [0.717, 1.165) is 0 Å². The van der Waals surface area contributed by atoms with Gasteiger partial charge < -0.3 is 19.6 Å². The number of carboxylic acid groups (broad SMARTS) is 1. The summed E-state index contributed by atoms with van der Waals surface area (Å²) >= 11 is 0. The summed E-state index contributed by atoms with van der Waals surface area (Å²) < 4.78 is 9.73. The minimum atomic E-state index is -1.40. The molecule has 0 atom stereocenters. The van der Waals surface area contributed by atoms with Crippen molar-refractivity contribution in [2.24, 2.45) is 0 Å². The predicted octanol–water partition coefficient (Wildman–Crippen LogP) is 2.95. The molecule has 0 amide bonds. The maximum atomic E-state index is 11.8. The molecule has 112 valence electrons. The number of carbonyl (C=O) groups excluding carboxylic acids is 1. The largest absolute Gasteiger partial charge is 0.511 e. The molecule has 0 bridgehead atoms. The molecule has 3 aromatic rings. The lowest BCUT2D eigenvalue weighted by Crippen LogP contribution is -2.06. The van der Waals surface area contributed by atoms with Crippen molar-refractivity contribution in [1.29, 1.82) is 0 Å². The quantitative estimate of drug-likeness (QED) is 0.569. The molecule has 2 heterocycles. The zero-order valence-electron chi connectivity index (χ0n) is 11.6. The summed E-state index contributed by atoms with van der Waals surface area (Å²) in [5, 5.41) is 10.0. The Bertz CT molecular complexity index is 884. The molecule has 0 fully saturated rings. The van der Waals surface area contributed by atoms with Gasteiger partial charge in [0.25, 0.3) is 0 Å². The smallest absolute Gasteiger partial charge is 0.461 e. The number of pyridine rings is 1. The Morgan fingerprint density at radius 2 is 2.14 bits per heavy atom. The van der Waals surface area contributed by atoms with E-state index in [1.54, 1.807) is 31.2 Å². The van der Waals surface area contributed by atoms with Crippen LogP contribution < -0.4 is 4.74 Å². The predicted molar refractivity (Wildman–Crippen MR) is 78.2 cm³/mol. The van der Waals surface area contributed by atoms with Crippen molar-refractivity contribution in [3.63, 3.8) is 0 Å². The minimum Gasteiger partial charge on any atom is -0.461 e. The van der Waals surface area contributed by atoms with E-state index < -0.39 is 12.1 Å². The third-order valence-electron chi connectivity index (χ3n) is 3.15. The van der Waals surface area contributed by atoms with Gasteiger partial charge >= 0.3 is 12.1 Å². The summed E-state index contributed by atoms with van der Waals surface area (Å²) in [6.07, 6.45) is 0.105. The summed E-state index contributed by atoms with van der Waals surface area (Å²) in [5.74, 6) is -0.340. The van der Waals surface area contributed by atoms with Crippen molar-refractivity contribution in [2.75, 3.05) is 6.61 Å². The highest BCUT2D eigenvalue weighted by Gasteiger charge is 2.15. The van der Waals surface area contributed by atoms with Crippen LogP contribution in [0.4, 0.5) is 4.79 Å². The van der Waals surface area contributed by atoms with E-state index in [2.05, 4.69) is 9.97 Å². The van der Waals surface area contributed by atoms with Gasteiger partial charge in [-0.3, -0.25) is 0 Å². The monoisotopic (exact) mass is 300 g/mol. The van der Waals surface area contributed by atoms with Gasteiger partial charge in [0, 0.05) is 5.39 Å². The number of nitrogens with one attached hydrogen (secondary N) is 1. The van der Waals surface area contributed by atoms with E-state index in [4.69, 9.17) is 14.6 Å². The molecule has 0 saturated heterocycles. The first-order valence-electron chi connectivity index (χ1n) is 6.58. The van der Waals surface area contributed by atoms with E-state index in [-0.39, 0.29) is 18.1 Å². The van der Waals surface area contributed by atoms with Gasteiger partial charge in [-0.1, -0.05) is 6.07 Å².